The molecule has 80 valence electrons. The Hall–Kier alpha value is -1.38. The Kier molecular flexibility index (Phi) is 3.12. The summed E-state index contributed by atoms with van der Waals surface area (Å²) in [7, 11) is -3.59. The second-order valence-electron chi connectivity index (χ2n) is 3.56. The number of hydrogen-bond donors (Lipinski definition) is 1. The van der Waals surface area contributed by atoms with Crippen LogP contribution in [-0.2, 0) is 10.0 Å². The number of aromatic nitrogens is 1. The number of hydrogen-bond acceptors (Lipinski definition) is 3. The summed E-state index contributed by atoms with van der Waals surface area (Å²) in [6.07, 6.45) is 7.98. The van der Waals surface area contributed by atoms with E-state index in [0.717, 1.165) is 0 Å². The van der Waals surface area contributed by atoms with Crippen LogP contribution in [0.3, 0.4) is 0 Å². The summed E-state index contributed by atoms with van der Waals surface area (Å²) >= 11 is 0. The number of nitrogens with one attached hydrogen (secondary N) is 1. The second kappa shape index (κ2) is 4.01. The van der Waals surface area contributed by atoms with E-state index in [2.05, 4.69) is 15.6 Å². The molecule has 4 nitrogen and oxygen atoms in total. The molecular formula is C10H12N2O2S. The molecule has 0 unspecified atom stereocenters. The molecule has 1 heterocycles. The third-order valence-electron chi connectivity index (χ3n) is 1.70. The lowest BCUT2D eigenvalue weighted by Crippen LogP contribution is -2.41. The average Bonchev–Trinajstić information content (AvgIpc) is 2.18. The molecule has 0 saturated heterocycles. The molecule has 0 aliphatic carbocycles. The summed E-state index contributed by atoms with van der Waals surface area (Å²) in [6, 6.07) is 3.01. The largest absolute Gasteiger partial charge is 0.263 e. The Morgan fingerprint density at radius 3 is 2.67 bits per heavy atom. The first kappa shape index (κ1) is 11.7. The van der Waals surface area contributed by atoms with E-state index in [-0.39, 0.29) is 4.90 Å². The Morgan fingerprint density at radius 1 is 1.53 bits per heavy atom. The van der Waals surface area contributed by atoms with E-state index in [1.807, 2.05) is 0 Å². The van der Waals surface area contributed by atoms with Crippen LogP contribution in [0.4, 0.5) is 0 Å². The summed E-state index contributed by atoms with van der Waals surface area (Å²) in [5, 5.41) is 0. The lowest BCUT2D eigenvalue weighted by Gasteiger charge is -2.19. The Balaban J connectivity index is 3.03. The highest BCUT2D eigenvalue weighted by atomic mass is 32.2. The molecule has 1 N–H and O–H groups in total. The average molecular weight is 224 g/mol. The molecule has 0 spiro atoms. The molecule has 15 heavy (non-hydrogen) atoms. The fourth-order valence-electron chi connectivity index (χ4n) is 0.930. The highest BCUT2D eigenvalue weighted by Gasteiger charge is 2.23. The van der Waals surface area contributed by atoms with Crippen LogP contribution in [0.1, 0.15) is 13.8 Å². The van der Waals surface area contributed by atoms with Crippen molar-refractivity contribution < 1.29 is 8.42 Å². The minimum atomic E-state index is -3.59. The zero-order valence-electron chi connectivity index (χ0n) is 8.56. The minimum absolute atomic E-state index is 0.105. The molecule has 0 aliphatic heterocycles. The van der Waals surface area contributed by atoms with Crippen molar-refractivity contribution in [2.24, 2.45) is 0 Å². The van der Waals surface area contributed by atoms with Crippen molar-refractivity contribution in [1.82, 2.24) is 9.71 Å². The lowest BCUT2D eigenvalue weighted by atomic mass is 10.1. The zero-order chi connectivity index (χ0) is 11.5. The van der Waals surface area contributed by atoms with Crippen LogP contribution in [0, 0.1) is 12.3 Å². The molecule has 0 fully saturated rings. The molecular weight excluding hydrogens is 212 g/mol. The van der Waals surface area contributed by atoms with Gasteiger partial charge in [0.2, 0.25) is 10.0 Å². The van der Waals surface area contributed by atoms with Crippen molar-refractivity contribution in [1.29, 1.82) is 0 Å². The van der Waals surface area contributed by atoms with Gasteiger partial charge in [0.15, 0.2) is 0 Å². The molecule has 1 aromatic rings. The summed E-state index contributed by atoms with van der Waals surface area (Å²) < 4.78 is 25.9. The van der Waals surface area contributed by atoms with Gasteiger partial charge in [0, 0.05) is 12.4 Å². The third kappa shape index (κ3) is 3.05. The quantitative estimate of drug-likeness (QED) is 0.771. The maximum atomic E-state index is 11.8. The van der Waals surface area contributed by atoms with Gasteiger partial charge in [-0.3, -0.25) is 4.98 Å². The number of nitrogens with zero attached hydrogens (tertiary/aromatic N) is 1. The highest BCUT2D eigenvalue weighted by Crippen LogP contribution is 2.10. The van der Waals surface area contributed by atoms with Crippen molar-refractivity contribution in [3.63, 3.8) is 0 Å². The van der Waals surface area contributed by atoms with Crippen molar-refractivity contribution in [3.05, 3.63) is 24.5 Å². The predicted molar refractivity (Wildman–Crippen MR) is 57.5 cm³/mol. The van der Waals surface area contributed by atoms with Crippen LogP contribution in [0.25, 0.3) is 0 Å². The van der Waals surface area contributed by atoms with Gasteiger partial charge >= 0.3 is 0 Å². The van der Waals surface area contributed by atoms with Gasteiger partial charge in [0.25, 0.3) is 0 Å². The smallest absolute Gasteiger partial charge is 0.243 e. The van der Waals surface area contributed by atoms with Gasteiger partial charge in [-0.1, -0.05) is 5.92 Å². The van der Waals surface area contributed by atoms with E-state index in [0.29, 0.717) is 0 Å². The van der Waals surface area contributed by atoms with Crippen LogP contribution >= 0.6 is 0 Å². The fraction of sp³-hybridized carbons (Fsp3) is 0.300. The number of rotatable bonds is 3. The van der Waals surface area contributed by atoms with Gasteiger partial charge in [-0.25, -0.2) is 8.42 Å². The maximum Gasteiger partial charge on any atom is 0.243 e. The topological polar surface area (TPSA) is 59.1 Å². The lowest BCUT2D eigenvalue weighted by molar-refractivity contribution is 0.539. The normalized spacial score (nSPS) is 12.1. The molecule has 0 amide bonds. The van der Waals surface area contributed by atoms with Crippen LogP contribution in [0.15, 0.2) is 29.4 Å². The molecule has 0 radical (unpaired) electrons. The third-order valence-corrected chi connectivity index (χ3v) is 3.34. The highest BCUT2D eigenvalue weighted by molar-refractivity contribution is 7.89. The Bertz CT molecular complexity index is 472. The van der Waals surface area contributed by atoms with Crippen molar-refractivity contribution in [3.8, 4) is 12.3 Å². The summed E-state index contributed by atoms with van der Waals surface area (Å²) in [6.45, 7) is 3.22. The van der Waals surface area contributed by atoms with Crippen molar-refractivity contribution >= 4 is 10.0 Å². The first-order valence-corrected chi connectivity index (χ1v) is 5.77. The molecule has 5 heteroatoms. The van der Waals surface area contributed by atoms with Gasteiger partial charge in [-0.2, -0.15) is 4.72 Å². The number of pyridine rings is 1. The van der Waals surface area contributed by atoms with Gasteiger partial charge in [0.05, 0.1) is 5.54 Å². The van der Waals surface area contributed by atoms with E-state index >= 15 is 0 Å². The number of sulfonamides is 1. The molecule has 0 bridgehead atoms. The van der Waals surface area contributed by atoms with E-state index in [9.17, 15) is 8.42 Å². The van der Waals surface area contributed by atoms with E-state index in [4.69, 9.17) is 6.42 Å². The summed E-state index contributed by atoms with van der Waals surface area (Å²) in [4.78, 5) is 3.84. The summed E-state index contributed by atoms with van der Waals surface area (Å²) in [5.41, 5.74) is -0.908. The van der Waals surface area contributed by atoms with Crippen molar-refractivity contribution in [2.45, 2.75) is 24.3 Å². The molecule has 0 aliphatic rings. The Labute approximate surface area is 89.8 Å². The fourth-order valence-corrected chi connectivity index (χ4v) is 2.24. The van der Waals surface area contributed by atoms with Gasteiger partial charge in [-0.05, 0) is 26.0 Å². The van der Waals surface area contributed by atoms with E-state index in [1.165, 1.54) is 18.5 Å². The molecule has 0 atom stereocenters. The van der Waals surface area contributed by atoms with Crippen LogP contribution in [-0.4, -0.2) is 18.9 Å². The Morgan fingerprint density at radius 2 is 2.20 bits per heavy atom. The van der Waals surface area contributed by atoms with E-state index < -0.39 is 15.6 Å². The zero-order valence-corrected chi connectivity index (χ0v) is 9.38. The van der Waals surface area contributed by atoms with Crippen LogP contribution < -0.4 is 4.72 Å². The first-order valence-electron chi connectivity index (χ1n) is 4.29. The number of terminal acetylenes is 1. The van der Waals surface area contributed by atoms with Gasteiger partial charge in [0.1, 0.15) is 4.90 Å². The molecule has 0 aromatic carbocycles. The van der Waals surface area contributed by atoms with E-state index in [1.54, 1.807) is 19.9 Å². The summed E-state index contributed by atoms with van der Waals surface area (Å²) in [5.74, 6) is 2.36. The van der Waals surface area contributed by atoms with Crippen LogP contribution in [0.5, 0.6) is 0 Å². The SMILES string of the molecule is C#CC(C)(C)NS(=O)(=O)c1cccnc1. The standard InChI is InChI=1S/C10H12N2O2S/c1-4-10(2,3)12-15(13,14)9-6-5-7-11-8-9/h1,5-8,12H,2-3H3. The molecule has 1 rings (SSSR count). The van der Waals surface area contributed by atoms with Gasteiger partial charge in [-0.15, -0.1) is 6.42 Å². The second-order valence-corrected chi connectivity index (χ2v) is 5.25. The van der Waals surface area contributed by atoms with Gasteiger partial charge < -0.3 is 0 Å². The maximum absolute atomic E-state index is 11.8. The molecule has 0 saturated carbocycles. The van der Waals surface area contributed by atoms with Crippen LogP contribution in [0.2, 0.25) is 0 Å². The minimum Gasteiger partial charge on any atom is -0.263 e. The monoisotopic (exact) mass is 224 g/mol. The molecule has 1 aromatic heterocycles. The predicted octanol–water partition coefficient (Wildman–Crippen LogP) is 0.772. The van der Waals surface area contributed by atoms with Crippen molar-refractivity contribution in [2.75, 3.05) is 0 Å². The first-order chi connectivity index (χ1) is 6.87.